The van der Waals surface area contributed by atoms with Gasteiger partial charge in [0.2, 0.25) is 0 Å². The van der Waals surface area contributed by atoms with Crippen LogP contribution in [0, 0.1) is 0 Å². The minimum atomic E-state index is 0.567. The van der Waals surface area contributed by atoms with E-state index < -0.39 is 0 Å². The van der Waals surface area contributed by atoms with Crippen LogP contribution in [0.1, 0.15) is 12.5 Å². The molecular weight excluding hydrogens is 277 g/mol. The molecule has 0 amide bonds. The lowest BCUT2D eigenvalue weighted by atomic mass is 10.2. The zero-order chi connectivity index (χ0) is 11.1. The van der Waals surface area contributed by atoms with Gasteiger partial charge in [0.25, 0.3) is 0 Å². The molecule has 1 aromatic rings. The van der Waals surface area contributed by atoms with E-state index in [4.69, 9.17) is 16.3 Å². The summed E-state index contributed by atoms with van der Waals surface area (Å²) in [5, 5.41) is 3.94. The SMILES string of the molecule is CCNCCOCc1ccc(Br)cc1Cl. The first kappa shape index (κ1) is 13.0. The van der Waals surface area contributed by atoms with Crippen molar-refractivity contribution in [1.82, 2.24) is 5.32 Å². The molecule has 0 bridgehead atoms. The molecule has 0 saturated heterocycles. The zero-order valence-electron chi connectivity index (χ0n) is 8.72. The molecule has 0 aliphatic carbocycles. The van der Waals surface area contributed by atoms with Crippen LogP contribution in [-0.4, -0.2) is 19.7 Å². The normalized spacial score (nSPS) is 10.6. The van der Waals surface area contributed by atoms with Gasteiger partial charge in [-0.1, -0.05) is 40.5 Å². The minimum Gasteiger partial charge on any atom is -0.375 e. The van der Waals surface area contributed by atoms with Crippen LogP contribution in [0.5, 0.6) is 0 Å². The van der Waals surface area contributed by atoms with Crippen LogP contribution < -0.4 is 5.32 Å². The number of benzene rings is 1. The second kappa shape index (κ2) is 7.23. The molecule has 0 aliphatic rings. The Morgan fingerprint density at radius 2 is 2.27 bits per heavy atom. The van der Waals surface area contributed by atoms with Crippen molar-refractivity contribution in [2.75, 3.05) is 19.7 Å². The van der Waals surface area contributed by atoms with Gasteiger partial charge in [-0.05, 0) is 24.2 Å². The Morgan fingerprint density at radius 1 is 1.47 bits per heavy atom. The van der Waals surface area contributed by atoms with Crippen LogP contribution >= 0.6 is 27.5 Å². The predicted octanol–water partition coefficient (Wildman–Crippen LogP) is 3.23. The van der Waals surface area contributed by atoms with Gasteiger partial charge in [0.15, 0.2) is 0 Å². The average molecular weight is 293 g/mol. The van der Waals surface area contributed by atoms with Gasteiger partial charge in [-0.2, -0.15) is 0 Å². The number of halogens is 2. The van der Waals surface area contributed by atoms with Crippen LogP contribution in [0.2, 0.25) is 5.02 Å². The Hall–Kier alpha value is -0.0900. The lowest BCUT2D eigenvalue weighted by Gasteiger charge is -2.06. The van der Waals surface area contributed by atoms with Crippen LogP contribution in [-0.2, 0) is 11.3 Å². The van der Waals surface area contributed by atoms with Gasteiger partial charge in [0.05, 0.1) is 13.2 Å². The molecule has 4 heteroatoms. The van der Waals surface area contributed by atoms with Gasteiger partial charge in [-0.3, -0.25) is 0 Å². The van der Waals surface area contributed by atoms with E-state index in [-0.39, 0.29) is 0 Å². The lowest BCUT2D eigenvalue weighted by Crippen LogP contribution is -2.18. The molecule has 0 radical (unpaired) electrons. The fourth-order valence-electron chi connectivity index (χ4n) is 1.14. The summed E-state index contributed by atoms with van der Waals surface area (Å²) >= 11 is 9.41. The molecule has 84 valence electrons. The molecule has 0 fully saturated rings. The molecule has 15 heavy (non-hydrogen) atoms. The number of ether oxygens (including phenoxy) is 1. The molecule has 0 spiro atoms. The lowest BCUT2D eigenvalue weighted by molar-refractivity contribution is 0.123. The van der Waals surface area contributed by atoms with Gasteiger partial charge >= 0.3 is 0 Å². The van der Waals surface area contributed by atoms with Crippen LogP contribution in [0.15, 0.2) is 22.7 Å². The minimum absolute atomic E-state index is 0.567. The highest BCUT2D eigenvalue weighted by atomic mass is 79.9. The number of likely N-dealkylation sites (N-methyl/N-ethyl adjacent to an activating group) is 1. The van der Waals surface area contributed by atoms with E-state index in [2.05, 4.69) is 28.2 Å². The Morgan fingerprint density at radius 3 is 2.93 bits per heavy atom. The Bertz CT molecular complexity index is 307. The van der Waals surface area contributed by atoms with Crippen LogP contribution in [0.4, 0.5) is 0 Å². The van der Waals surface area contributed by atoms with Crippen LogP contribution in [0.3, 0.4) is 0 Å². The first-order valence-electron chi connectivity index (χ1n) is 4.96. The van der Waals surface area contributed by atoms with E-state index >= 15 is 0 Å². The van der Waals surface area contributed by atoms with E-state index in [1.807, 2.05) is 18.2 Å². The van der Waals surface area contributed by atoms with Crippen molar-refractivity contribution in [2.45, 2.75) is 13.5 Å². The van der Waals surface area contributed by atoms with Crippen molar-refractivity contribution < 1.29 is 4.74 Å². The first-order chi connectivity index (χ1) is 7.24. The van der Waals surface area contributed by atoms with Crippen molar-refractivity contribution in [3.8, 4) is 0 Å². The van der Waals surface area contributed by atoms with Crippen molar-refractivity contribution in [1.29, 1.82) is 0 Å². The molecule has 1 rings (SSSR count). The number of hydrogen-bond donors (Lipinski definition) is 1. The van der Waals surface area contributed by atoms with Crippen molar-refractivity contribution in [2.24, 2.45) is 0 Å². The molecule has 0 aliphatic heterocycles. The second-order valence-corrected chi connectivity index (χ2v) is 4.46. The first-order valence-corrected chi connectivity index (χ1v) is 6.13. The van der Waals surface area contributed by atoms with E-state index in [0.29, 0.717) is 13.2 Å². The van der Waals surface area contributed by atoms with Gasteiger partial charge in [0, 0.05) is 16.0 Å². The summed E-state index contributed by atoms with van der Waals surface area (Å²) in [5.74, 6) is 0. The van der Waals surface area contributed by atoms with Gasteiger partial charge in [-0.15, -0.1) is 0 Å². The third kappa shape index (κ3) is 4.98. The Kier molecular flexibility index (Phi) is 6.25. The van der Waals surface area contributed by atoms with E-state index in [1.165, 1.54) is 0 Å². The summed E-state index contributed by atoms with van der Waals surface area (Å²) in [7, 11) is 0. The standard InChI is InChI=1S/C11H15BrClNO/c1-2-14-5-6-15-8-9-3-4-10(12)7-11(9)13/h3-4,7,14H,2,5-6,8H2,1H3. The molecule has 1 aromatic carbocycles. The maximum Gasteiger partial charge on any atom is 0.0731 e. The average Bonchev–Trinajstić information content (AvgIpc) is 2.20. The van der Waals surface area contributed by atoms with Crippen LogP contribution in [0.25, 0.3) is 0 Å². The van der Waals surface area contributed by atoms with Gasteiger partial charge < -0.3 is 10.1 Å². The molecule has 0 heterocycles. The summed E-state index contributed by atoms with van der Waals surface area (Å²) < 4.78 is 6.47. The van der Waals surface area contributed by atoms with E-state index in [0.717, 1.165) is 28.1 Å². The van der Waals surface area contributed by atoms with Gasteiger partial charge in [0.1, 0.15) is 0 Å². The summed E-state index contributed by atoms with van der Waals surface area (Å²) in [6.07, 6.45) is 0. The number of rotatable bonds is 6. The highest BCUT2D eigenvalue weighted by Gasteiger charge is 2.00. The Balaban J connectivity index is 2.31. The third-order valence-corrected chi connectivity index (χ3v) is 2.79. The Labute approximate surface area is 104 Å². The maximum absolute atomic E-state index is 6.04. The molecule has 2 nitrogen and oxygen atoms in total. The second-order valence-electron chi connectivity index (χ2n) is 3.14. The topological polar surface area (TPSA) is 21.3 Å². The predicted molar refractivity (Wildman–Crippen MR) is 67.4 cm³/mol. The molecule has 0 saturated carbocycles. The number of nitrogens with one attached hydrogen (secondary N) is 1. The van der Waals surface area contributed by atoms with E-state index in [9.17, 15) is 0 Å². The zero-order valence-corrected chi connectivity index (χ0v) is 11.1. The van der Waals surface area contributed by atoms with E-state index in [1.54, 1.807) is 0 Å². The summed E-state index contributed by atoms with van der Waals surface area (Å²) in [4.78, 5) is 0. The molecule has 0 unspecified atom stereocenters. The molecular formula is C11H15BrClNO. The van der Waals surface area contributed by atoms with Gasteiger partial charge in [-0.25, -0.2) is 0 Å². The quantitative estimate of drug-likeness (QED) is 0.813. The fraction of sp³-hybridized carbons (Fsp3) is 0.455. The van der Waals surface area contributed by atoms with Crippen molar-refractivity contribution in [3.05, 3.63) is 33.3 Å². The molecule has 0 aromatic heterocycles. The summed E-state index contributed by atoms with van der Waals surface area (Å²) in [5.41, 5.74) is 1.02. The van der Waals surface area contributed by atoms with Crippen molar-refractivity contribution >= 4 is 27.5 Å². The summed E-state index contributed by atoms with van der Waals surface area (Å²) in [6, 6.07) is 5.82. The fourth-order valence-corrected chi connectivity index (χ4v) is 1.87. The highest BCUT2D eigenvalue weighted by Crippen LogP contribution is 2.21. The largest absolute Gasteiger partial charge is 0.375 e. The van der Waals surface area contributed by atoms with Crippen molar-refractivity contribution in [3.63, 3.8) is 0 Å². The highest BCUT2D eigenvalue weighted by molar-refractivity contribution is 9.10. The maximum atomic E-state index is 6.04. The summed E-state index contributed by atoms with van der Waals surface area (Å²) in [6.45, 7) is 5.20. The third-order valence-electron chi connectivity index (χ3n) is 1.95. The monoisotopic (exact) mass is 291 g/mol. The molecule has 1 N–H and O–H groups in total. The number of hydrogen-bond acceptors (Lipinski definition) is 2. The molecule has 0 atom stereocenters. The smallest absolute Gasteiger partial charge is 0.0731 e.